The van der Waals surface area contributed by atoms with Crippen molar-refractivity contribution in [1.82, 2.24) is 19.5 Å². The second-order valence-electron chi connectivity index (χ2n) is 7.48. The molecule has 8 nitrogen and oxygen atoms in total. The summed E-state index contributed by atoms with van der Waals surface area (Å²) in [6.45, 7) is 2.16. The van der Waals surface area contributed by atoms with Gasteiger partial charge in [0.15, 0.2) is 23.0 Å². The normalized spacial score (nSPS) is 12.2. The van der Waals surface area contributed by atoms with E-state index >= 15 is 0 Å². The van der Waals surface area contributed by atoms with E-state index in [1.54, 1.807) is 18.5 Å². The molecule has 0 amide bonds. The van der Waals surface area contributed by atoms with Crippen LogP contribution in [0, 0.1) is 0 Å². The summed E-state index contributed by atoms with van der Waals surface area (Å²) in [5.74, 6) is 1.03. The van der Waals surface area contributed by atoms with E-state index in [4.69, 9.17) is 10.5 Å². The predicted molar refractivity (Wildman–Crippen MR) is 116 cm³/mol. The lowest BCUT2D eigenvalue weighted by atomic mass is 9.99. The molecule has 3 rings (SSSR count). The van der Waals surface area contributed by atoms with E-state index in [0.717, 1.165) is 31.2 Å². The number of Topliss-reactive ketones (excluding diaryl/α,β-unsaturated/α-hetero) is 1. The second kappa shape index (κ2) is 10.0. The second-order valence-corrected chi connectivity index (χ2v) is 7.48. The van der Waals surface area contributed by atoms with Crippen LogP contribution in [-0.4, -0.2) is 37.5 Å². The Kier molecular flexibility index (Phi) is 7.21. The molecular formula is C22H29N5O3. The number of nitrogen functional groups attached to an aromatic ring is 1. The lowest BCUT2D eigenvalue weighted by Gasteiger charge is -2.18. The van der Waals surface area contributed by atoms with Gasteiger partial charge < -0.3 is 20.1 Å². The molecule has 0 aliphatic heterocycles. The summed E-state index contributed by atoms with van der Waals surface area (Å²) in [6, 6.07) is 5.16. The first-order valence-electron chi connectivity index (χ1n) is 10.3. The first-order chi connectivity index (χ1) is 14.5. The maximum atomic E-state index is 12.8. The van der Waals surface area contributed by atoms with Gasteiger partial charge in [-0.15, -0.1) is 0 Å². The van der Waals surface area contributed by atoms with E-state index in [1.165, 1.54) is 13.4 Å². The van der Waals surface area contributed by atoms with Crippen LogP contribution in [0.25, 0.3) is 11.2 Å². The van der Waals surface area contributed by atoms with Crippen molar-refractivity contribution in [3.05, 3.63) is 36.4 Å². The summed E-state index contributed by atoms with van der Waals surface area (Å²) >= 11 is 0. The SMILES string of the molecule is CCCCCC(CC(=O)CCc1ccc(O)c(OC)c1)n1cnc2c(N)ncnc21. The fraction of sp³-hybridized carbons (Fsp3) is 0.455. The number of hydrogen-bond acceptors (Lipinski definition) is 7. The topological polar surface area (TPSA) is 116 Å². The standard InChI is InChI=1S/C22H29N5O3/c1-3-4-5-6-16(27-14-26-20-21(23)24-13-25-22(20)27)12-17(28)9-7-15-8-10-18(29)19(11-15)30-2/h8,10-11,13-14,16,29H,3-7,9,12H2,1-2H3,(H2,23,24,25). The number of phenols is 1. The fourth-order valence-electron chi connectivity index (χ4n) is 3.63. The van der Waals surface area contributed by atoms with Gasteiger partial charge in [-0.05, 0) is 30.5 Å². The number of anilines is 1. The minimum absolute atomic E-state index is 0.0160. The zero-order valence-corrected chi connectivity index (χ0v) is 17.5. The van der Waals surface area contributed by atoms with Crippen molar-refractivity contribution in [2.75, 3.05) is 12.8 Å². The van der Waals surface area contributed by atoms with Crippen molar-refractivity contribution >= 4 is 22.8 Å². The maximum Gasteiger partial charge on any atom is 0.165 e. The van der Waals surface area contributed by atoms with E-state index in [0.29, 0.717) is 42.0 Å². The van der Waals surface area contributed by atoms with E-state index in [1.807, 2.05) is 10.6 Å². The van der Waals surface area contributed by atoms with E-state index in [9.17, 15) is 9.90 Å². The number of fused-ring (bicyclic) bond motifs is 1. The van der Waals surface area contributed by atoms with Crippen molar-refractivity contribution in [2.24, 2.45) is 0 Å². The number of nitrogens with two attached hydrogens (primary N) is 1. The van der Waals surface area contributed by atoms with E-state index in [-0.39, 0.29) is 17.6 Å². The van der Waals surface area contributed by atoms with E-state index < -0.39 is 0 Å². The highest BCUT2D eigenvalue weighted by Gasteiger charge is 2.19. The highest BCUT2D eigenvalue weighted by molar-refractivity contribution is 5.82. The van der Waals surface area contributed by atoms with Crippen LogP contribution in [-0.2, 0) is 11.2 Å². The van der Waals surface area contributed by atoms with Crippen LogP contribution in [0.1, 0.15) is 57.1 Å². The lowest BCUT2D eigenvalue weighted by Crippen LogP contribution is -2.15. The number of hydrogen-bond donors (Lipinski definition) is 2. The molecule has 0 bridgehead atoms. The Morgan fingerprint density at radius 1 is 1.27 bits per heavy atom. The molecule has 1 atom stereocenters. The first kappa shape index (κ1) is 21.5. The Hall–Kier alpha value is -3.16. The van der Waals surface area contributed by atoms with Gasteiger partial charge >= 0.3 is 0 Å². The summed E-state index contributed by atoms with van der Waals surface area (Å²) in [5.41, 5.74) is 8.11. The zero-order chi connectivity index (χ0) is 21.5. The highest BCUT2D eigenvalue weighted by atomic mass is 16.5. The third kappa shape index (κ3) is 5.06. The molecule has 0 saturated heterocycles. The molecule has 0 radical (unpaired) electrons. The minimum atomic E-state index is -0.0160. The van der Waals surface area contributed by atoms with Crippen LogP contribution < -0.4 is 10.5 Å². The third-order valence-corrected chi connectivity index (χ3v) is 5.32. The number of aromatic hydroxyl groups is 1. The summed E-state index contributed by atoms with van der Waals surface area (Å²) in [6.07, 6.45) is 8.70. The Balaban J connectivity index is 1.71. The Labute approximate surface area is 176 Å². The van der Waals surface area contributed by atoms with Crippen molar-refractivity contribution in [3.8, 4) is 11.5 Å². The Bertz CT molecular complexity index is 1000. The number of aromatic nitrogens is 4. The minimum Gasteiger partial charge on any atom is -0.504 e. The fourth-order valence-corrected chi connectivity index (χ4v) is 3.63. The molecule has 0 aliphatic rings. The van der Waals surface area contributed by atoms with Crippen molar-refractivity contribution in [1.29, 1.82) is 0 Å². The number of aryl methyl sites for hydroxylation is 1. The average molecular weight is 412 g/mol. The van der Waals surface area contributed by atoms with Crippen molar-refractivity contribution in [2.45, 2.75) is 57.9 Å². The molecule has 3 N–H and O–H groups in total. The number of ketones is 1. The number of carbonyl (C=O) groups is 1. The molecule has 0 fully saturated rings. The largest absolute Gasteiger partial charge is 0.504 e. The molecular weight excluding hydrogens is 382 g/mol. The van der Waals surface area contributed by atoms with Gasteiger partial charge in [0.2, 0.25) is 0 Å². The smallest absolute Gasteiger partial charge is 0.165 e. The summed E-state index contributed by atoms with van der Waals surface area (Å²) in [4.78, 5) is 25.5. The third-order valence-electron chi connectivity index (χ3n) is 5.32. The number of nitrogens with zero attached hydrogens (tertiary/aromatic N) is 4. The molecule has 8 heteroatoms. The number of carbonyl (C=O) groups excluding carboxylic acids is 1. The van der Waals surface area contributed by atoms with Gasteiger partial charge in [-0.3, -0.25) is 4.79 Å². The van der Waals surface area contributed by atoms with Gasteiger partial charge in [0.25, 0.3) is 0 Å². The predicted octanol–water partition coefficient (Wildman–Crippen LogP) is 3.84. The Morgan fingerprint density at radius 2 is 2.10 bits per heavy atom. The van der Waals surface area contributed by atoms with Crippen LogP contribution in [0.3, 0.4) is 0 Å². The average Bonchev–Trinajstić information content (AvgIpc) is 3.18. The maximum absolute atomic E-state index is 12.8. The first-order valence-corrected chi connectivity index (χ1v) is 10.3. The number of ether oxygens (including phenoxy) is 1. The van der Waals surface area contributed by atoms with Gasteiger partial charge in [-0.25, -0.2) is 15.0 Å². The number of imidazole rings is 1. The molecule has 2 aromatic heterocycles. The number of methoxy groups -OCH3 is 1. The molecule has 1 aromatic carbocycles. The summed E-state index contributed by atoms with van der Waals surface area (Å²) in [7, 11) is 1.51. The summed E-state index contributed by atoms with van der Waals surface area (Å²) < 4.78 is 7.11. The van der Waals surface area contributed by atoms with Gasteiger partial charge in [0, 0.05) is 18.9 Å². The Morgan fingerprint density at radius 3 is 2.87 bits per heavy atom. The number of rotatable bonds is 11. The number of phenolic OH excluding ortho intramolecular Hbond substituents is 1. The van der Waals surface area contributed by atoms with Gasteiger partial charge in [0.05, 0.1) is 13.4 Å². The number of unbranched alkanes of at least 4 members (excludes halogenated alkanes) is 2. The zero-order valence-electron chi connectivity index (χ0n) is 17.5. The molecule has 160 valence electrons. The van der Waals surface area contributed by atoms with Gasteiger partial charge in [0.1, 0.15) is 17.6 Å². The molecule has 30 heavy (non-hydrogen) atoms. The molecule has 0 aliphatic carbocycles. The number of benzene rings is 1. The summed E-state index contributed by atoms with van der Waals surface area (Å²) in [5, 5.41) is 9.73. The van der Waals surface area contributed by atoms with Crippen LogP contribution in [0.4, 0.5) is 5.82 Å². The van der Waals surface area contributed by atoms with Crippen molar-refractivity contribution < 1.29 is 14.6 Å². The quantitative estimate of drug-likeness (QED) is 0.461. The lowest BCUT2D eigenvalue weighted by molar-refractivity contribution is -0.119. The van der Waals surface area contributed by atoms with E-state index in [2.05, 4.69) is 21.9 Å². The van der Waals surface area contributed by atoms with Crippen LogP contribution in [0.15, 0.2) is 30.9 Å². The van der Waals surface area contributed by atoms with Gasteiger partial charge in [-0.2, -0.15) is 0 Å². The molecule has 0 spiro atoms. The molecule has 1 unspecified atom stereocenters. The molecule has 3 aromatic rings. The molecule has 0 saturated carbocycles. The van der Waals surface area contributed by atoms with Crippen molar-refractivity contribution in [3.63, 3.8) is 0 Å². The monoisotopic (exact) mass is 411 g/mol. The highest BCUT2D eigenvalue weighted by Crippen LogP contribution is 2.28. The van der Waals surface area contributed by atoms with Crippen LogP contribution >= 0.6 is 0 Å². The van der Waals surface area contributed by atoms with Crippen LogP contribution in [0.2, 0.25) is 0 Å². The van der Waals surface area contributed by atoms with Crippen LogP contribution in [0.5, 0.6) is 11.5 Å². The molecule has 2 heterocycles. The van der Waals surface area contributed by atoms with Gasteiger partial charge in [-0.1, -0.05) is 32.3 Å².